The molecule has 0 aromatic heterocycles. The Hall–Kier alpha value is -0.273. The van der Waals surface area contributed by atoms with Crippen molar-refractivity contribution in [2.24, 2.45) is 21.7 Å². The molecule has 0 aromatic carbocycles. The quantitative estimate of drug-likeness (QED) is 0.293. The Morgan fingerprint density at radius 3 is 0.432 bits per heavy atom. The Balaban J connectivity index is -0.0000000584. The number of aliphatic carboxylic acids is 4. The summed E-state index contributed by atoms with van der Waals surface area (Å²) in [7, 11) is 0.275. The second-order valence-electron chi connectivity index (χ2n) is 13.8. The van der Waals surface area contributed by atoms with Crippen LogP contribution in [0.1, 0.15) is 125 Å². The van der Waals surface area contributed by atoms with Crippen LogP contribution in [0, 0.1) is 21.7 Å². The van der Waals surface area contributed by atoms with Gasteiger partial charge in [0, 0.05) is 45.5 Å². The second-order valence-corrected chi connectivity index (χ2v) is 21.0. The van der Waals surface area contributed by atoms with Gasteiger partial charge in [0.15, 0.2) is 0 Å². The summed E-state index contributed by atoms with van der Waals surface area (Å²) in [5, 5.41) is 39.6. The Morgan fingerprint density at radius 1 is 0.364 bits per heavy atom. The van der Waals surface area contributed by atoms with Crippen LogP contribution >= 0.6 is 15.8 Å². The first-order valence-corrected chi connectivity index (χ1v) is 19.2. The first kappa shape index (κ1) is 62.5. The van der Waals surface area contributed by atoms with Crippen molar-refractivity contribution in [1.82, 2.24) is 0 Å². The Bertz CT molecular complexity index is 580. The molecule has 0 saturated heterocycles. The zero-order valence-corrected chi connectivity index (χ0v) is 35.1. The normalized spacial score (nSPS) is 10.5. The van der Waals surface area contributed by atoms with Crippen molar-refractivity contribution in [3.63, 3.8) is 0 Å². The zero-order valence-electron chi connectivity index (χ0n) is 31.1. The van der Waals surface area contributed by atoms with Crippen molar-refractivity contribution in [2.45, 2.75) is 125 Å². The van der Waals surface area contributed by atoms with Crippen LogP contribution in [-0.2, 0) is 52.2 Å². The fraction of sp³-hybridized carbons (Fsp3) is 0.875. The Morgan fingerprint density at radius 2 is 0.432 bits per heavy atom. The van der Waals surface area contributed by atoms with Crippen LogP contribution in [0.25, 0.3) is 0 Å². The second kappa shape index (κ2) is 32.7. The number of hydrogen-bond donors (Lipinski definition) is 0. The van der Waals surface area contributed by atoms with E-state index in [1.165, 1.54) is 37.0 Å². The molecule has 0 aromatic rings. The molecule has 0 aliphatic heterocycles. The minimum atomic E-state index is -1.01. The monoisotopic (exact) mass is 758 g/mol. The molecule has 0 spiro atoms. The third kappa shape index (κ3) is 54.2. The van der Waals surface area contributed by atoms with Crippen LogP contribution in [0.3, 0.4) is 0 Å². The maximum absolute atomic E-state index is 9.91. The van der Waals surface area contributed by atoms with E-state index in [0.717, 1.165) is 0 Å². The molecular formula is C32H68Ni2O8P2+2. The molecule has 272 valence electrons. The topological polar surface area (TPSA) is 161 Å². The molecule has 0 amide bonds. The molecule has 0 rings (SSSR count). The van der Waals surface area contributed by atoms with Gasteiger partial charge in [-0.25, -0.2) is 0 Å². The molecule has 0 aliphatic rings. The molecule has 0 fully saturated rings. The van der Waals surface area contributed by atoms with Gasteiger partial charge in [-0.2, -0.15) is 0 Å². The number of carboxylic acid groups (broad SMARTS) is 4. The number of carbonyl (C=O) groups is 4. The average Bonchev–Trinajstić information content (AvgIpc) is 2.81. The van der Waals surface area contributed by atoms with E-state index in [2.05, 4.69) is 41.5 Å². The third-order valence-corrected chi connectivity index (χ3v) is 11.4. The summed E-state index contributed by atoms with van der Waals surface area (Å²) in [4.78, 5) is 39.6. The van der Waals surface area contributed by atoms with Crippen molar-refractivity contribution in [1.29, 1.82) is 0 Å². The van der Waals surface area contributed by atoms with Gasteiger partial charge in [-0.3, -0.25) is 0 Å². The summed E-state index contributed by atoms with van der Waals surface area (Å²) in [6.07, 6.45) is 8.74. The minimum absolute atomic E-state index is 0. The van der Waals surface area contributed by atoms with E-state index in [0.29, 0.717) is 0 Å². The fourth-order valence-electron chi connectivity index (χ4n) is 1.50. The van der Waals surface area contributed by atoms with Crippen molar-refractivity contribution >= 4 is 39.7 Å². The van der Waals surface area contributed by atoms with E-state index in [1.807, 2.05) is 0 Å². The number of hydrogen-bond acceptors (Lipinski definition) is 8. The molecule has 0 radical (unpaired) electrons. The van der Waals surface area contributed by atoms with Crippen LogP contribution < -0.4 is 20.4 Å². The average molecular weight is 760 g/mol. The Kier molecular flexibility index (Phi) is 46.4. The van der Waals surface area contributed by atoms with Gasteiger partial charge < -0.3 is 39.6 Å². The van der Waals surface area contributed by atoms with E-state index in [1.54, 1.807) is 83.1 Å². The van der Waals surface area contributed by atoms with Crippen LogP contribution in [0.2, 0.25) is 0 Å². The van der Waals surface area contributed by atoms with Gasteiger partial charge in [-0.05, 0) is 57.4 Å². The summed E-state index contributed by atoms with van der Waals surface area (Å²) < 4.78 is 0. The molecule has 0 atom stereocenters. The summed E-state index contributed by atoms with van der Waals surface area (Å²) in [6, 6.07) is 0. The number of carboxylic acids is 4. The Labute approximate surface area is 294 Å². The zero-order chi connectivity index (χ0) is 35.7. The van der Waals surface area contributed by atoms with Crippen LogP contribution in [0.4, 0.5) is 0 Å². The predicted octanol–water partition coefficient (Wildman–Crippen LogP) is 3.65. The molecule has 0 unspecified atom stereocenters. The summed E-state index contributed by atoms with van der Waals surface area (Å²) >= 11 is 0. The summed E-state index contributed by atoms with van der Waals surface area (Å²) in [5.41, 5.74) is -2.78. The van der Waals surface area contributed by atoms with E-state index in [9.17, 15) is 39.6 Å². The van der Waals surface area contributed by atoms with Crippen LogP contribution in [0.5, 0.6) is 0 Å². The standard InChI is InChI=1S/2C6H15P.4C5H10O2.2Ni/c2*1-4-7(5-2)6-3;4*1-5(2,3)4(6)7;;/h2*4-6H2,1-3H3;4*1-3H3,(H,6,7);;/q;;;;;;2*+2/p-2. The number of carbonyl (C=O) groups excluding carboxylic acids is 4. The molecule has 0 aliphatic carbocycles. The maximum Gasteiger partial charge on any atom is 2.00 e. The van der Waals surface area contributed by atoms with Crippen molar-refractivity contribution < 1.29 is 72.6 Å². The van der Waals surface area contributed by atoms with Crippen LogP contribution in [-0.4, -0.2) is 60.8 Å². The summed E-state index contributed by atoms with van der Waals surface area (Å²) in [6.45, 7) is 33.0. The number of rotatable bonds is 6. The largest absolute Gasteiger partial charge is 2.00 e. The van der Waals surface area contributed by atoms with Gasteiger partial charge >= 0.3 is 33.0 Å². The van der Waals surface area contributed by atoms with Gasteiger partial charge in [0.1, 0.15) is 0 Å². The van der Waals surface area contributed by atoms with Gasteiger partial charge in [0.05, 0.1) is 37.0 Å². The van der Waals surface area contributed by atoms with Gasteiger partial charge in [-0.1, -0.05) is 83.1 Å². The molecule has 12 heteroatoms. The van der Waals surface area contributed by atoms with Crippen molar-refractivity contribution in [3.8, 4) is 0 Å². The SMILES string of the molecule is CC(C)(C)C(=O)[O-].CC(C)(C)C(=O)[O-].CC(C)(C)C(=O)[O-].CC(C)(C)C(=O)[O-].CC[PH+](CC)CC.CC[PH+](CC)CC.[Ni+2].[Ni+2]. The van der Waals surface area contributed by atoms with E-state index >= 15 is 0 Å². The minimum Gasteiger partial charge on any atom is -0.550 e. The van der Waals surface area contributed by atoms with Gasteiger partial charge in [0.2, 0.25) is 0 Å². The van der Waals surface area contributed by atoms with Gasteiger partial charge in [-0.15, -0.1) is 0 Å². The van der Waals surface area contributed by atoms with E-state index in [4.69, 9.17) is 0 Å². The van der Waals surface area contributed by atoms with Gasteiger partial charge in [0.25, 0.3) is 0 Å². The first-order valence-electron chi connectivity index (χ1n) is 15.0. The molecule has 0 saturated carbocycles. The third-order valence-electron chi connectivity index (χ3n) is 5.45. The first-order chi connectivity index (χ1) is 18.5. The molecular weight excluding hydrogens is 692 g/mol. The summed E-state index contributed by atoms with van der Waals surface area (Å²) in [5.74, 6) is -4.03. The smallest absolute Gasteiger partial charge is 0.550 e. The van der Waals surface area contributed by atoms with Crippen molar-refractivity contribution in [2.75, 3.05) is 37.0 Å². The van der Waals surface area contributed by atoms with Crippen LogP contribution in [0.15, 0.2) is 0 Å². The molecule has 0 bridgehead atoms. The molecule has 0 heterocycles. The van der Waals surface area contributed by atoms with E-state index < -0.39 is 45.5 Å². The fourth-order valence-corrected chi connectivity index (χ4v) is 4.50. The maximum atomic E-state index is 9.91. The van der Waals surface area contributed by atoms with Crippen molar-refractivity contribution in [3.05, 3.63) is 0 Å². The predicted molar refractivity (Wildman–Crippen MR) is 178 cm³/mol. The molecule has 8 nitrogen and oxygen atoms in total. The molecule has 0 N–H and O–H groups in total. The van der Waals surface area contributed by atoms with E-state index in [-0.39, 0.29) is 48.8 Å². The molecule has 44 heavy (non-hydrogen) atoms.